The molecular weight excluding hydrogens is 192 g/mol. The summed E-state index contributed by atoms with van der Waals surface area (Å²) in [7, 11) is 1.54. The molecule has 15 heavy (non-hydrogen) atoms. The zero-order valence-electron chi connectivity index (χ0n) is 9.05. The number of amides is 2. The van der Waals surface area contributed by atoms with Gasteiger partial charge in [0.25, 0.3) is 0 Å². The number of benzene rings is 1. The van der Waals surface area contributed by atoms with Gasteiger partial charge in [0.1, 0.15) is 0 Å². The normalized spacial score (nSPS) is 9.53. The van der Waals surface area contributed by atoms with Gasteiger partial charge in [-0.05, 0) is 25.5 Å². The molecule has 1 aromatic carbocycles. The van der Waals surface area contributed by atoms with Gasteiger partial charge in [-0.1, -0.05) is 12.1 Å². The van der Waals surface area contributed by atoms with Gasteiger partial charge in [0.15, 0.2) is 5.78 Å². The van der Waals surface area contributed by atoms with Crippen LogP contribution in [-0.2, 0) is 0 Å². The van der Waals surface area contributed by atoms with Crippen molar-refractivity contribution in [3.05, 3.63) is 29.3 Å². The summed E-state index contributed by atoms with van der Waals surface area (Å²) < 4.78 is 0. The van der Waals surface area contributed by atoms with E-state index < -0.39 is 0 Å². The van der Waals surface area contributed by atoms with Crippen molar-refractivity contribution in [3.8, 4) is 0 Å². The molecule has 80 valence electrons. The third-order valence-corrected chi connectivity index (χ3v) is 2.12. The van der Waals surface area contributed by atoms with Crippen LogP contribution in [0.3, 0.4) is 0 Å². The van der Waals surface area contributed by atoms with Gasteiger partial charge in [0.2, 0.25) is 0 Å². The Balaban J connectivity index is 3.00. The number of urea groups is 1. The number of ketones is 1. The van der Waals surface area contributed by atoms with Gasteiger partial charge in [-0.2, -0.15) is 0 Å². The van der Waals surface area contributed by atoms with Crippen LogP contribution < -0.4 is 10.6 Å². The highest BCUT2D eigenvalue weighted by molar-refractivity contribution is 5.97. The van der Waals surface area contributed by atoms with Crippen molar-refractivity contribution in [1.29, 1.82) is 0 Å². The number of hydrogen-bond donors (Lipinski definition) is 2. The Bertz CT molecular complexity index is 400. The average Bonchev–Trinajstić information content (AvgIpc) is 2.20. The maximum absolute atomic E-state index is 11.1. The summed E-state index contributed by atoms with van der Waals surface area (Å²) in [6, 6.07) is 4.93. The standard InChI is InChI=1S/C11H14N2O2/c1-7-4-5-9(8(2)14)6-10(7)13-11(15)12-3/h4-6H,1-3H3,(H2,12,13,15). The van der Waals surface area contributed by atoms with Crippen LogP contribution in [-0.4, -0.2) is 18.9 Å². The Morgan fingerprint density at radius 2 is 1.93 bits per heavy atom. The van der Waals surface area contributed by atoms with Crippen LogP contribution in [0.4, 0.5) is 10.5 Å². The third-order valence-electron chi connectivity index (χ3n) is 2.12. The summed E-state index contributed by atoms with van der Waals surface area (Å²) in [5, 5.41) is 5.11. The number of rotatable bonds is 2. The van der Waals surface area contributed by atoms with Gasteiger partial charge >= 0.3 is 6.03 Å². The maximum Gasteiger partial charge on any atom is 0.318 e. The number of anilines is 1. The molecule has 2 amide bonds. The molecule has 0 aliphatic carbocycles. The fourth-order valence-electron chi connectivity index (χ4n) is 1.16. The fraction of sp³-hybridized carbons (Fsp3) is 0.273. The Hall–Kier alpha value is -1.84. The highest BCUT2D eigenvalue weighted by Gasteiger charge is 2.05. The molecule has 0 unspecified atom stereocenters. The molecule has 0 aliphatic heterocycles. The molecule has 0 heterocycles. The van der Waals surface area contributed by atoms with Crippen LogP contribution in [0, 0.1) is 6.92 Å². The second-order valence-electron chi connectivity index (χ2n) is 3.29. The van der Waals surface area contributed by atoms with E-state index in [1.54, 1.807) is 19.2 Å². The molecule has 2 N–H and O–H groups in total. The van der Waals surface area contributed by atoms with Crippen molar-refractivity contribution >= 4 is 17.5 Å². The lowest BCUT2D eigenvalue weighted by atomic mass is 10.1. The van der Waals surface area contributed by atoms with Crippen molar-refractivity contribution in [2.24, 2.45) is 0 Å². The molecule has 0 fully saturated rings. The van der Waals surface area contributed by atoms with E-state index >= 15 is 0 Å². The monoisotopic (exact) mass is 206 g/mol. The summed E-state index contributed by atoms with van der Waals surface area (Å²) in [4.78, 5) is 22.2. The lowest BCUT2D eigenvalue weighted by molar-refractivity contribution is 0.101. The Morgan fingerprint density at radius 3 is 2.47 bits per heavy atom. The molecule has 4 nitrogen and oxygen atoms in total. The van der Waals surface area contributed by atoms with E-state index in [1.807, 2.05) is 13.0 Å². The van der Waals surface area contributed by atoms with Crippen LogP contribution in [0.5, 0.6) is 0 Å². The molecule has 0 radical (unpaired) electrons. The van der Waals surface area contributed by atoms with Crippen LogP contribution in [0.25, 0.3) is 0 Å². The highest BCUT2D eigenvalue weighted by Crippen LogP contribution is 2.17. The van der Waals surface area contributed by atoms with Crippen molar-refractivity contribution in [1.82, 2.24) is 5.32 Å². The second kappa shape index (κ2) is 4.59. The van der Waals surface area contributed by atoms with Gasteiger partial charge in [-0.25, -0.2) is 4.79 Å². The molecule has 1 rings (SSSR count). The molecular formula is C11H14N2O2. The fourth-order valence-corrected chi connectivity index (χ4v) is 1.16. The predicted octanol–water partition coefficient (Wildman–Crippen LogP) is 1.95. The van der Waals surface area contributed by atoms with E-state index in [0.29, 0.717) is 11.3 Å². The Morgan fingerprint density at radius 1 is 1.27 bits per heavy atom. The Kier molecular flexibility index (Phi) is 3.44. The average molecular weight is 206 g/mol. The van der Waals surface area contributed by atoms with Crippen LogP contribution in [0.15, 0.2) is 18.2 Å². The number of nitrogens with one attached hydrogen (secondary N) is 2. The van der Waals surface area contributed by atoms with Crippen molar-refractivity contribution in [2.75, 3.05) is 12.4 Å². The summed E-state index contributed by atoms with van der Waals surface area (Å²) in [5.74, 6) is -0.0186. The maximum atomic E-state index is 11.1. The van der Waals surface area contributed by atoms with E-state index in [2.05, 4.69) is 10.6 Å². The van der Waals surface area contributed by atoms with Gasteiger partial charge in [0.05, 0.1) is 0 Å². The minimum absolute atomic E-state index is 0.0186. The topological polar surface area (TPSA) is 58.2 Å². The summed E-state index contributed by atoms with van der Waals surface area (Å²) in [5.41, 5.74) is 2.16. The molecule has 0 atom stereocenters. The molecule has 0 saturated heterocycles. The predicted molar refractivity (Wildman–Crippen MR) is 59.3 cm³/mol. The zero-order valence-corrected chi connectivity index (χ0v) is 9.05. The number of carbonyl (C=O) groups is 2. The minimum Gasteiger partial charge on any atom is -0.341 e. The van der Waals surface area contributed by atoms with E-state index in [9.17, 15) is 9.59 Å². The van der Waals surface area contributed by atoms with E-state index in [1.165, 1.54) is 6.92 Å². The summed E-state index contributed by atoms with van der Waals surface area (Å²) >= 11 is 0. The number of hydrogen-bond acceptors (Lipinski definition) is 2. The molecule has 0 aliphatic rings. The Labute approximate surface area is 88.7 Å². The summed E-state index contributed by atoms with van der Waals surface area (Å²) in [6.45, 7) is 3.36. The minimum atomic E-state index is -0.293. The van der Waals surface area contributed by atoms with Crippen molar-refractivity contribution < 1.29 is 9.59 Å². The van der Waals surface area contributed by atoms with Gasteiger partial charge in [-0.3, -0.25) is 4.79 Å². The third kappa shape index (κ3) is 2.80. The largest absolute Gasteiger partial charge is 0.341 e. The zero-order chi connectivity index (χ0) is 11.4. The molecule has 0 aromatic heterocycles. The van der Waals surface area contributed by atoms with Gasteiger partial charge in [0, 0.05) is 18.3 Å². The second-order valence-corrected chi connectivity index (χ2v) is 3.29. The van der Waals surface area contributed by atoms with Crippen molar-refractivity contribution in [2.45, 2.75) is 13.8 Å². The quantitative estimate of drug-likeness (QED) is 0.726. The smallest absolute Gasteiger partial charge is 0.318 e. The first kappa shape index (κ1) is 11.2. The molecule has 0 saturated carbocycles. The first-order valence-corrected chi connectivity index (χ1v) is 4.65. The highest BCUT2D eigenvalue weighted by atomic mass is 16.2. The SMILES string of the molecule is CNC(=O)Nc1cc(C(C)=O)ccc1C. The lowest BCUT2D eigenvalue weighted by Gasteiger charge is -2.08. The van der Waals surface area contributed by atoms with E-state index in [-0.39, 0.29) is 11.8 Å². The first-order valence-electron chi connectivity index (χ1n) is 4.65. The van der Waals surface area contributed by atoms with Crippen LogP contribution >= 0.6 is 0 Å². The molecule has 0 spiro atoms. The summed E-state index contributed by atoms with van der Waals surface area (Å²) in [6.07, 6.45) is 0. The van der Waals surface area contributed by atoms with E-state index in [4.69, 9.17) is 0 Å². The van der Waals surface area contributed by atoms with Gasteiger partial charge < -0.3 is 10.6 Å². The molecule has 0 bridgehead atoms. The van der Waals surface area contributed by atoms with Crippen molar-refractivity contribution in [3.63, 3.8) is 0 Å². The van der Waals surface area contributed by atoms with E-state index in [0.717, 1.165) is 5.56 Å². The van der Waals surface area contributed by atoms with Crippen LogP contribution in [0.1, 0.15) is 22.8 Å². The van der Waals surface area contributed by atoms with Crippen LogP contribution in [0.2, 0.25) is 0 Å². The number of aryl methyl sites for hydroxylation is 1. The molecule has 1 aromatic rings. The lowest BCUT2D eigenvalue weighted by Crippen LogP contribution is -2.25. The van der Waals surface area contributed by atoms with Gasteiger partial charge in [-0.15, -0.1) is 0 Å². The number of Topliss-reactive ketones (excluding diaryl/α,β-unsaturated/α-hetero) is 1. The first-order chi connectivity index (χ1) is 7.04. The molecule has 4 heteroatoms. The number of carbonyl (C=O) groups excluding carboxylic acids is 2.